The van der Waals surface area contributed by atoms with E-state index in [-0.39, 0.29) is 12.3 Å². The molecule has 0 aliphatic carbocycles. The molecule has 3 aromatic rings. The highest BCUT2D eigenvalue weighted by atomic mass is 16.1. The molecule has 0 aliphatic rings. The Morgan fingerprint density at radius 3 is 2.53 bits per heavy atom. The van der Waals surface area contributed by atoms with Gasteiger partial charge in [-0.05, 0) is 59.5 Å². The van der Waals surface area contributed by atoms with Gasteiger partial charge in [0, 0.05) is 36.9 Å². The average Bonchev–Trinajstić information content (AvgIpc) is 2.76. The van der Waals surface area contributed by atoms with Gasteiger partial charge in [-0.15, -0.1) is 0 Å². The quantitative estimate of drug-likeness (QED) is 0.456. The summed E-state index contributed by atoms with van der Waals surface area (Å²) in [6.07, 6.45) is 9.10. The minimum absolute atomic E-state index is 0.111. The third-order valence-corrected chi connectivity index (χ3v) is 4.54. The normalized spacial score (nSPS) is 11.5. The molecule has 0 aliphatic heterocycles. The van der Waals surface area contributed by atoms with Crippen LogP contribution in [0.2, 0.25) is 0 Å². The molecule has 0 saturated carbocycles. The van der Waals surface area contributed by atoms with Gasteiger partial charge in [0.15, 0.2) is 0 Å². The van der Waals surface area contributed by atoms with Gasteiger partial charge >= 0.3 is 0 Å². The predicted octanol–water partition coefficient (Wildman–Crippen LogP) is 4.90. The fourth-order valence-corrected chi connectivity index (χ4v) is 2.99. The molecular weight excluding hydrogens is 372 g/mol. The first-order valence-electron chi connectivity index (χ1n) is 9.62. The number of aliphatic imine (C=N–C) groups is 1. The molecule has 0 saturated heterocycles. The van der Waals surface area contributed by atoms with Crippen LogP contribution in [-0.2, 0) is 11.2 Å². The summed E-state index contributed by atoms with van der Waals surface area (Å²) < 4.78 is 0. The highest BCUT2D eigenvalue weighted by Gasteiger charge is 2.07. The van der Waals surface area contributed by atoms with Gasteiger partial charge in [0.25, 0.3) is 0 Å². The molecule has 3 rings (SSSR count). The zero-order chi connectivity index (χ0) is 21.3. The van der Waals surface area contributed by atoms with Gasteiger partial charge in [0.1, 0.15) is 5.82 Å². The smallest absolute Gasteiger partial charge is 0.229 e. The summed E-state index contributed by atoms with van der Waals surface area (Å²) in [7, 11) is 1.71. The Balaban J connectivity index is 1.62. The van der Waals surface area contributed by atoms with E-state index in [1.807, 2.05) is 55.5 Å². The predicted molar refractivity (Wildman–Crippen MR) is 124 cm³/mol. The van der Waals surface area contributed by atoms with Gasteiger partial charge in [-0.3, -0.25) is 14.8 Å². The number of hydrogen-bond donors (Lipinski definition) is 1. The van der Waals surface area contributed by atoms with E-state index in [0.717, 1.165) is 33.5 Å². The first-order chi connectivity index (χ1) is 14.6. The first-order valence-corrected chi connectivity index (χ1v) is 9.62. The lowest BCUT2D eigenvalue weighted by molar-refractivity contribution is -0.115. The second-order valence-electron chi connectivity index (χ2n) is 6.77. The zero-order valence-electron chi connectivity index (χ0n) is 17.2. The number of carbonyl (C=O) groups is 1. The van der Waals surface area contributed by atoms with Crippen molar-refractivity contribution in [2.75, 3.05) is 12.4 Å². The lowest BCUT2D eigenvalue weighted by atomic mass is 10.0. The summed E-state index contributed by atoms with van der Waals surface area (Å²) in [5, 5.41) is 2.84. The van der Waals surface area contributed by atoms with Crippen molar-refractivity contribution in [1.29, 1.82) is 0 Å². The van der Waals surface area contributed by atoms with Gasteiger partial charge in [-0.1, -0.05) is 36.9 Å². The molecule has 5 heteroatoms. The van der Waals surface area contributed by atoms with E-state index in [2.05, 4.69) is 26.9 Å². The molecule has 150 valence electrons. The van der Waals surface area contributed by atoms with Gasteiger partial charge in [0.2, 0.25) is 5.91 Å². The molecule has 0 spiro atoms. The Morgan fingerprint density at radius 2 is 1.90 bits per heavy atom. The highest BCUT2D eigenvalue weighted by molar-refractivity contribution is 5.92. The number of allylic oxidation sites excluding steroid dienone is 3. The second-order valence-corrected chi connectivity index (χ2v) is 6.77. The SMILES string of the molecule is C=CC(=CC=NC)c1ccc(NC(=O)Cc2ccc(-c3ccnc(C)c3)cc2)nc1. The van der Waals surface area contributed by atoms with Crippen LogP contribution in [0.4, 0.5) is 5.82 Å². The number of anilines is 1. The number of amides is 1. The van der Waals surface area contributed by atoms with Crippen LogP contribution in [0.15, 0.2) is 84.6 Å². The van der Waals surface area contributed by atoms with Crippen molar-refractivity contribution >= 4 is 23.5 Å². The Hall–Kier alpha value is -3.86. The monoisotopic (exact) mass is 396 g/mol. The van der Waals surface area contributed by atoms with E-state index in [1.165, 1.54) is 0 Å². The van der Waals surface area contributed by atoms with Crippen LogP contribution in [0, 0.1) is 6.92 Å². The molecule has 0 unspecified atom stereocenters. The average molecular weight is 396 g/mol. The molecular formula is C25H24N4O. The topological polar surface area (TPSA) is 67.2 Å². The van der Waals surface area contributed by atoms with Crippen LogP contribution >= 0.6 is 0 Å². The molecule has 5 nitrogen and oxygen atoms in total. The van der Waals surface area contributed by atoms with E-state index < -0.39 is 0 Å². The lowest BCUT2D eigenvalue weighted by Crippen LogP contribution is -2.15. The Bertz CT molecular complexity index is 1080. The number of pyridine rings is 2. The van der Waals surface area contributed by atoms with Crippen molar-refractivity contribution in [1.82, 2.24) is 9.97 Å². The van der Waals surface area contributed by atoms with Crippen molar-refractivity contribution in [3.05, 3.63) is 96.5 Å². The van der Waals surface area contributed by atoms with E-state index in [0.29, 0.717) is 5.82 Å². The number of hydrogen-bond acceptors (Lipinski definition) is 4. The van der Waals surface area contributed by atoms with Gasteiger partial charge in [0.05, 0.1) is 6.42 Å². The maximum atomic E-state index is 12.4. The maximum Gasteiger partial charge on any atom is 0.229 e. The van der Waals surface area contributed by atoms with Gasteiger partial charge in [-0.2, -0.15) is 0 Å². The number of rotatable bonds is 7. The lowest BCUT2D eigenvalue weighted by Gasteiger charge is -2.07. The maximum absolute atomic E-state index is 12.4. The van der Waals surface area contributed by atoms with Gasteiger partial charge < -0.3 is 5.32 Å². The van der Waals surface area contributed by atoms with E-state index in [1.54, 1.807) is 37.8 Å². The molecule has 1 amide bonds. The number of aryl methyl sites for hydroxylation is 1. The van der Waals surface area contributed by atoms with E-state index >= 15 is 0 Å². The number of carbonyl (C=O) groups excluding carboxylic acids is 1. The molecule has 2 aromatic heterocycles. The molecule has 0 atom stereocenters. The van der Waals surface area contributed by atoms with Crippen LogP contribution in [0.25, 0.3) is 16.7 Å². The highest BCUT2D eigenvalue weighted by Crippen LogP contribution is 2.20. The second kappa shape index (κ2) is 10.1. The number of aromatic nitrogens is 2. The van der Waals surface area contributed by atoms with Crippen molar-refractivity contribution in [2.45, 2.75) is 13.3 Å². The third kappa shape index (κ3) is 5.58. The molecule has 30 heavy (non-hydrogen) atoms. The molecule has 0 radical (unpaired) electrons. The Labute approximate surface area is 176 Å². The summed E-state index contributed by atoms with van der Waals surface area (Å²) >= 11 is 0. The minimum atomic E-state index is -0.111. The fourth-order valence-electron chi connectivity index (χ4n) is 2.99. The zero-order valence-corrected chi connectivity index (χ0v) is 17.2. The minimum Gasteiger partial charge on any atom is -0.310 e. The summed E-state index contributed by atoms with van der Waals surface area (Å²) in [6, 6.07) is 15.7. The van der Waals surface area contributed by atoms with E-state index in [4.69, 9.17) is 0 Å². The molecule has 1 aromatic carbocycles. The molecule has 1 N–H and O–H groups in total. The van der Waals surface area contributed by atoms with Crippen molar-refractivity contribution in [3.63, 3.8) is 0 Å². The molecule has 0 bridgehead atoms. The summed E-state index contributed by atoms with van der Waals surface area (Å²) in [4.78, 5) is 24.9. The number of benzene rings is 1. The molecule has 2 heterocycles. The summed E-state index contributed by atoms with van der Waals surface area (Å²) in [5.41, 5.74) is 5.94. The van der Waals surface area contributed by atoms with Crippen LogP contribution in [0.3, 0.4) is 0 Å². The van der Waals surface area contributed by atoms with Crippen LogP contribution in [-0.4, -0.2) is 29.1 Å². The standard InChI is InChI=1S/C25H24N4O/c1-4-20(11-13-26-3)23-9-10-24(28-17-23)29-25(30)16-19-5-7-21(8-6-19)22-12-14-27-18(2)15-22/h4-15,17H,1,16H2,2-3H3,(H,28,29,30). The summed E-state index contributed by atoms with van der Waals surface area (Å²) in [6.45, 7) is 5.78. The van der Waals surface area contributed by atoms with Crippen LogP contribution in [0.5, 0.6) is 0 Å². The van der Waals surface area contributed by atoms with Crippen LogP contribution in [0.1, 0.15) is 16.8 Å². The van der Waals surface area contributed by atoms with E-state index in [9.17, 15) is 4.79 Å². The summed E-state index contributed by atoms with van der Waals surface area (Å²) in [5.74, 6) is 0.403. The van der Waals surface area contributed by atoms with Crippen molar-refractivity contribution < 1.29 is 4.79 Å². The Kier molecular flexibility index (Phi) is 7.00. The third-order valence-electron chi connectivity index (χ3n) is 4.54. The van der Waals surface area contributed by atoms with Gasteiger partial charge in [-0.25, -0.2) is 4.98 Å². The van der Waals surface area contributed by atoms with Crippen molar-refractivity contribution in [3.8, 4) is 11.1 Å². The molecule has 0 fully saturated rings. The fraction of sp³-hybridized carbons (Fsp3) is 0.120. The number of nitrogens with zero attached hydrogens (tertiary/aromatic N) is 3. The van der Waals surface area contributed by atoms with Crippen LogP contribution < -0.4 is 5.32 Å². The van der Waals surface area contributed by atoms with Crippen molar-refractivity contribution in [2.24, 2.45) is 4.99 Å². The Morgan fingerprint density at radius 1 is 1.10 bits per heavy atom. The first kappa shape index (κ1) is 20.9. The largest absolute Gasteiger partial charge is 0.310 e. The number of nitrogens with one attached hydrogen (secondary N) is 1.